The van der Waals surface area contributed by atoms with Crippen LogP contribution in [-0.2, 0) is 11.8 Å². The molecule has 0 atom stereocenters. The first kappa shape index (κ1) is 15.1. The number of halogens is 1. The van der Waals surface area contributed by atoms with Crippen LogP contribution in [0.15, 0.2) is 40.8 Å². The van der Waals surface area contributed by atoms with Gasteiger partial charge in [0.2, 0.25) is 5.95 Å². The molecule has 2 aromatic heterocycles. The number of imidazole rings is 1. The molecule has 0 spiro atoms. The van der Waals surface area contributed by atoms with E-state index < -0.39 is 5.97 Å². The smallest absolute Gasteiger partial charge is 0.337 e. The number of fused-ring (bicyclic) bond motifs is 2. The maximum Gasteiger partial charge on any atom is 0.337 e. The number of benzene rings is 2. The SMILES string of the molecule is COC(=O)c1ccc2nc(Nc3nc4cc(F)ccc4o3)n(C)c2c1. The zero-order valence-electron chi connectivity index (χ0n) is 13.4. The van der Waals surface area contributed by atoms with Crippen LogP contribution in [-0.4, -0.2) is 27.6 Å². The highest BCUT2D eigenvalue weighted by molar-refractivity contribution is 5.94. The number of oxazole rings is 1. The van der Waals surface area contributed by atoms with Crippen molar-refractivity contribution in [2.45, 2.75) is 0 Å². The predicted octanol–water partition coefficient (Wildman–Crippen LogP) is 3.38. The molecule has 2 heterocycles. The predicted molar refractivity (Wildman–Crippen MR) is 89.3 cm³/mol. The second-order valence-electron chi connectivity index (χ2n) is 5.45. The van der Waals surface area contributed by atoms with Crippen molar-refractivity contribution in [2.75, 3.05) is 12.4 Å². The molecule has 0 amide bonds. The molecular formula is C17H13FN4O3. The van der Waals surface area contributed by atoms with Crippen LogP contribution < -0.4 is 5.32 Å². The molecule has 0 aliphatic rings. The molecule has 4 rings (SSSR count). The third kappa shape index (κ3) is 2.57. The first-order valence-electron chi connectivity index (χ1n) is 7.43. The third-order valence-corrected chi connectivity index (χ3v) is 3.87. The average Bonchev–Trinajstić information content (AvgIpc) is 3.14. The lowest BCUT2D eigenvalue weighted by Crippen LogP contribution is -2.02. The molecule has 2 aromatic carbocycles. The van der Waals surface area contributed by atoms with Gasteiger partial charge in [0.25, 0.3) is 0 Å². The van der Waals surface area contributed by atoms with Gasteiger partial charge in [-0.15, -0.1) is 0 Å². The van der Waals surface area contributed by atoms with E-state index in [1.54, 1.807) is 29.8 Å². The van der Waals surface area contributed by atoms with Gasteiger partial charge >= 0.3 is 12.0 Å². The molecule has 8 heteroatoms. The Kier molecular flexibility index (Phi) is 3.38. The summed E-state index contributed by atoms with van der Waals surface area (Å²) in [6.45, 7) is 0. The summed E-state index contributed by atoms with van der Waals surface area (Å²) < 4.78 is 25.3. The Labute approximate surface area is 141 Å². The molecule has 0 aliphatic carbocycles. The summed E-state index contributed by atoms with van der Waals surface area (Å²) >= 11 is 0. The second kappa shape index (κ2) is 5.59. The van der Waals surface area contributed by atoms with Crippen molar-refractivity contribution in [1.82, 2.24) is 14.5 Å². The van der Waals surface area contributed by atoms with Crippen molar-refractivity contribution >= 4 is 40.1 Å². The molecule has 126 valence electrons. The van der Waals surface area contributed by atoms with Crippen molar-refractivity contribution < 1.29 is 18.3 Å². The molecule has 0 aliphatic heterocycles. The lowest BCUT2D eigenvalue weighted by Gasteiger charge is -2.02. The lowest BCUT2D eigenvalue weighted by molar-refractivity contribution is 0.0601. The maximum absolute atomic E-state index is 13.3. The van der Waals surface area contributed by atoms with Gasteiger partial charge in [-0.25, -0.2) is 14.2 Å². The van der Waals surface area contributed by atoms with Crippen molar-refractivity contribution in [3.8, 4) is 0 Å². The molecule has 0 bridgehead atoms. The Hall–Kier alpha value is -3.42. The first-order valence-corrected chi connectivity index (χ1v) is 7.43. The molecule has 7 nitrogen and oxygen atoms in total. The van der Waals surface area contributed by atoms with Crippen LogP contribution in [0.25, 0.3) is 22.1 Å². The van der Waals surface area contributed by atoms with Crippen LogP contribution in [0.5, 0.6) is 0 Å². The molecule has 0 saturated heterocycles. The Morgan fingerprint density at radius 2 is 2.04 bits per heavy atom. The van der Waals surface area contributed by atoms with Gasteiger partial charge in [-0.1, -0.05) is 0 Å². The highest BCUT2D eigenvalue weighted by Crippen LogP contribution is 2.25. The van der Waals surface area contributed by atoms with E-state index in [9.17, 15) is 9.18 Å². The van der Waals surface area contributed by atoms with Gasteiger partial charge in [-0.3, -0.25) is 5.32 Å². The van der Waals surface area contributed by atoms with Gasteiger partial charge in [-0.05, 0) is 30.3 Å². The quantitative estimate of drug-likeness (QED) is 0.576. The van der Waals surface area contributed by atoms with Crippen molar-refractivity contribution in [3.05, 3.63) is 47.8 Å². The normalized spacial score (nSPS) is 11.2. The number of anilines is 2. The van der Waals surface area contributed by atoms with Crippen LogP contribution in [0.1, 0.15) is 10.4 Å². The summed E-state index contributed by atoms with van der Waals surface area (Å²) in [6.07, 6.45) is 0. The summed E-state index contributed by atoms with van der Waals surface area (Å²) in [4.78, 5) is 20.3. The molecule has 1 N–H and O–H groups in total. The summed E-state index contributed by atoms with van der Waals surface area (Å²) in [5.74, 6) is -0.326. The fourth-order valence-corrected chi connectivity index (χ4v) is 2.60. The van der Waals surface area contributed by atoms with Gasteiger partial charge in [0.15, 0.2) is 5.58 Å². The minimum atomic E-state index is -0.418. The van der Waals surface area contributed by atoms with Crippen LogP contribution in [0, 0.1) is 5.82 Å². The van der Waals surface area contributed by atoms with E-state index >= 15 is 0 Å². The van der Waals surface area contributed by atoms with Crippen molar-refractivity contribution in [3.63, 3.8) is 0 Å². The van der Waals surface area contributed by atoms with Gasteiger partial charge in [0, 0.05) is 13.1 Å². The second-order valence-corrected chi connectivity index (χ2v) is 5.45. The van der Waals surface area contributed by atoms with Gasteiger partial charge in [-0.2, -0.15) is 4.98 Å². The average molecular weight is 340 g/mol. The fraction of sp³-hybridized carbons (Fsp3) is 0.118. The summed E-state index contributed by atoms with van der Waals surface area (Å²) in [6, 6.07) is 9.39. The summed E-state index contributed by atoms with van der Waals surface area (Å²) in [5.41, 5.74) is 2.75. The Morgan fingerprint density at radius 1 is 1.20 bits per heavy atom. The molecular weight excluding hydrogens is 327 g/mol. The topological polar surface area (TPSA) is 82.2 Å². The lowest BCUT2D eigenvalue weighted by atomic mass is 10.2. The molecule has 0 radical (unpaired) electrons. The Bertz CT molecular complexity index is 1120. The van der Waals surface area contributed by atoms with E-state index in [0.29, 0.717) is 28.1 Å². The number of hydrogen-bond donors (Lipinski definition) is 1. The monoisotopic (exact) mass is 340 g/mol. The molecule has 25 heavy (non-hydrogen) atoms. The minimum absolute atomic E-state index is 0.201. The number of methoxy groups -OCH3 is 1. The van der Waals surface area contributed by atoms with E-state index in [1.807, 2.05) is 0 Å². The number of aryl methyl sites for hydroxylation is 1. The van der Waals surface area contributed by atoms with E-state index in [2.05, 4.69) is 15.3 Å². The highest BCUT2D eigenvalue weighted by Gasteiger charge is 2.14. The number of nitrogens with one attached hydrogen (secondary N) is 1. The molecule has 0 fully saturated rings. The Morgan fingerprint density at radius 3 is 2.84 bits per heavy atom. The zero-order valence-corrected chi connectivity index (χ0v) is 13.4. The van der Waals surface area contributed by atoms with Crippen LogP contribution in [0.3, 0.4) is 0 Å². The highest BCUT2D eigenvalue weighted by atomic mass is 19.1. The summed E-state index contributed by atoms with van der Waals surface area (Å²) in [7, 11) is 3.12. The van der Waals surface area contributed by atoms with Crippen LogP contribution in [0.4, 0.5) is 16.4 Å². The number of carbonyl (C=O) groups excluding carboxylic acids is 1. The van der Waals surface area contributed by atoms with Gasteiger partial charge < -0.3 is 13.7 Å². The largest absolute Gasteiger partial charge is 0.465 e. The van der Waals surface area contributed by atoms with E-state index in [1.165, 1.54) is 25.3 Å². The minimum Gasteiger partial charge on any atom is -0.465 e. The number of esters is 1. The number of hydrogen-bond acceptors (Lipinski definition) is 6. The molecule has 4 aromatic rings. The van der Waals surface area contributed by atoms with E-state index in [0.717, 1.165) is 5.52 Å². The number of nitrogens with zero attached hydrogens (tertiary/aromatic N) is 3. The van der Waals surface area contributed by atoms with Gasteiger partial charge in [0.1, 0.15) is 11.3 Å². The third-order valence-electron chi connectivity index (χ3n) is 3.87. The Balaban J connectivity index is 1.72. The van der Waals surface area contributed by atoms with Crippen molar-refractivity contribution in [2.24, 2.45) is 7.05 Å². The zero-order chi connectivity index (χ0) is 17.6. The van der Waals surface area contributed by atoms with Gasteiger partial charge in [0.05, 0.1) is 23.7 Å². The molecule has 0 unspecified atom stereocenters. The van der Waals surface area contributed by atoms with Crippen molar-refractivity contribution in [1.29, 1.82) is 0 Å². The number of carbonyl (C=O) groups is 1. The maximum atomic E-state index is 13.3. The summed E-state index contributed by atoms with van der Waals surface area (Å²) in [5, 5.41) is 2.97. The van der Waals surface area contributed by atoms with Crippen LogP contribution >= 0.6 is 0 Å². The number of ether oxygens (including phenoxy) is 1. The first-order chi connectivity index (χ1) is 12.0. The number of rotatable bonds is 3. The fourth-order valence-electron chi connectivity index (χ4n) is 2.60. The van der Waals surface area contributed by atoms with E-state index in [-0.39, 0.29) is 11.8 Å². The standard InChI is InChI=1S/C17H13FN4O3/c1-22-13-7-9(15(23)24-2)3-5-11(13)19-16(22)21-17-20-12-8-10(18)4-6-14(12)25-17/h3-8H,1-2H3,(H,19,20,21). The molecule has 0 saturated carbocycles. The number of aromatic nitrogens is 3. The van der Waals surface area contributed by atoms with E-state index in [4.69, 9.17) is 9.15 Å². The van der Waals surface area contributed by atoms with Crippen LogP contribution in [0.2, 0.25) is 0 Å².